The van der Waals surface area contributed by atoms with Crippen molar-refractivity contribution in [2.24, 2.45) is 0 Å². The Labute approximate surface area is 182 Å². The lowest BCUT2D eigenvalue weighted by molar-refractivity contribution is -0.145. The van der Waals surface area contributed by atoms with E-state index >= 15 is 0 Å². The maximum absolute atomic E-state index is 12.8. The van der Waals surface area contributed by atoms with Crippen molar-refractivity contribution in [3.8, 4) is 11.5 Å². The molecule has 1 unspecified atom stereocenters. The zero-order valence-electron chi connectivity index (χ0n) is 17.4. The summed E-state index contributed by atoms with van der Waals surface area (Å²) in [5.74, 6) is 0.641. The standard InChI is InChI=1S/C24H25NO5S/c1-3-29-24(26)23(25-31(27,28)22-14-12-18(2)13-15-22)17-19-8-7-11-21(16-19)30-20-9-5-4-6-10-20/h4-16,23,25H,3,17H2,1-2H3. The molecule has 0 aliphatic heterocycles. The van der Waals surface area contributed by atoms with Gasteiger partial charge in [0.1, 0.15) is 17.5 Å². The predicted molar refractivity (Wildman–Crippen MR) is 119 cm³/mol. The molecule has 0 bridgehead atoms. The van der Waals surface area contributed by atoms with Gasteiger partial charge in [-0.05, 0) is 62.2 Å². The van der Waals surface area contributed by atoms with Crippen LogP contribution in [0, 0.1) is 6.92 Å². The van der Waals surface area contributed by atoms with Crippen molar-refractivity contribution >= 4 is 16.0 Å². The Kier molecular flexibility index (Phi) is 7.44. The molecule has 162 valence electrons. The van der Waals surface area contributed by atoms with Gasteiger partial charge >= 0.3 is 5.97 Å². The summed E-state index contributed by atoms with van der Waals surface area (Å²) in [4.78, 5) is 12.6. The number of sulfonamides is 1. The van der Waals surface area contributed by atoms with Gasteiger partial charge in [-0.15, -0.1) is 0 Å². The van der Waals surface area contributed by atoms with Gasteiger partial charge in [-0.1, -0.05) is 48.0 Å². The van der Waals surface area contributed by atoms with Gasteiger partial charge in [0.25, 0.3) is 0 Å². The van der Waals surface area contributed by atoms with Crippen molar-refractivity contribution in [2.75, 3.05) is 6.61 Å². The van der Waals surface area contributed by atoms with Crippen molar-refractivity contribution in [3.63, 3.8) is 0 Å². The summed E-state index contributed by atoms with van der Waals surface area (Å²) in [6, 6.07) is 21.9. The highest BCUT2D eigenvalue weighted by molar-refractivity contribution is 7.89. The van der Waals surface area contributed by atoms with Crippen LogP contribution < -0.4 is 9.46 Å². The molecule has 0 aliphatic carbocycles. The average molecular weight is 440 g/mol. The summed E-state index contributed by atoms with van der Waals surface area (Å²) in [6.45, 7) is 3.70. The maximum atomic E-state index is 12.8. The predicted octanol–water partition coefficient (Wildman–Crippen LogP) is 4.24. The van der Waals surface area contributed by atoms with Gasteiger partial charge in [-0.2, -0.15) is 4.72 Å². The molecule has 0 saturated carbocycles. The molecule has 0 fully saturated rings. The van der Waals surface area contributed by atoms with E-state index in [4.69, 9.17) is 9.47 Å². The largest absolute Gasteiger partial charge is 0.465 e. The monoisotopic (exact) mass is 439 g/mol. The molecule has 6 nitrogen and oxygen atoms in total. The number of esters is 1. The summed E-state index contributed by atoms with van der Waals surface area (Å²) >= 11 is 0. The topological polar surface area (TPSA) is 81.7 Å². The summed E-state index contributed by atoms with van der Waals surface area (Å²) < 4.78 is 39.1. The molecule has 0 aromatic heterocycles. The second kappa shape index (κ2) is 10.2. The van der Waals surface area contributed by atoms with E-state index in [1.165, 1.54) is 12.1 Å². The van der Waals surface area contributed by atoms with Gasteiger partial charge in [0, 0.05) is 0 Å². The first kappa shape index (κ1) is 22.5. The number of hydrogen-bond acceptors (Lipinski definition) is 5. The molecule has 1 atom stereocenters. The third kappa shape index (κ3) is 6.41. The lowest BCUT2D eigenvalue weighted by Gasteiger charge is -2.18. The van der Waals surface area contributed by atoms with Crippen molar-refractivity contribution in [1.29, 1.82) is 0 Å². The van der Waals surface area contributed by atoms with E-state index in [1.54, 1.807) is 37.3 Å². The first-order valence-electron chi connectivity index (χ1n) is 9.95. The molecule has 3 rings (SSSR count). The Morgan fingerprint density at radius 2 is 1.61 bits per heavy atom. The second-order valence-corrected chi connectivity index (χ2v) is 8.72. The van der Waals surface area contributed by atoms with E-state index in [0.29, 0.717) is 11.5 Å². The third-order valence-corrected chi connectivity index (χ3v) is 6.00. The zero-order chi connectivity index (χ0) is 22.3. The molecule has 0 amide bonds. The molecule has 1 N–H and O–H groups in total. The first-order chi connectivity index (χ1) is 14.9. The second-order valence-electron chi connectivity index (χ2n) is 7.01. The van der Waals surface area contributed by atoms with Crippen molar-refractivity contribution in [2.45, 2.75) is 31.2 Å². The lowest BCUT2D eigenvalue weighted by Crippen LogP contribution is -2.43. The number of ether oxygens (including phenoxy) is 2. The molecular formula is C24H25NO5S. The van der Waals surface area contributed by atoms with Crippen LogP contribution in [0.25, 0.3) is 0 Å². The van der Waals surface area contributed by atoms with Crippen LogP contribution in [0.4, 0.5) is 0 Å². The quantitative estimate of drug-likeness (QED) is 0.505. The minimum Gasteiger partial charge on any atom is -0.465 e. The molecule has 0 heterocycles. The van der Waals surface area contributed by atoms with E-state index in [0.717, 1.165) is 11.1 Å². The van der Waals surface area contributed by atoms with Gasteiger partial charge in [-0.25, -0.2) is 8.42 Å². The van der Waals surface area contributed by atoms with Crippen molar-refractivity contribution in [1.82, 2.24) is 4.72 Å². The number of benzene rings is 3. The number of para-hydroxylation sites is 1. The molecule has 31 heavy (non-hydrogen) atoms. The van der Waals surface area contributed by atoms with Crippen molar-refractivity contribution < 1.29 is 22.7 Å². The third-order valence-electron chi connectivity index (χ3n) is 4.52. The van der Waals surface area contributed by atoms with Gasteiger partial charge in [-0.3, -0.25) is 4.79 Å². The Bertz CT molecular complexity index is 1110. The van der Waals surface area contributed by atoms with E-state index in [9.17, 15) is 13.2 Å². The van der Waals surface area contributed by atoms with Crippen LogP contribution in [-0.4, -0.2) is 27.0 Å². The van der Waals surface area contributed by atoms with Crippen LogP contribution in [0.1, 0.15) is 18.1 Å². The Balaban J connectivity index is 1.80. The SMILES string of the molecule is CCOC(=O)C(Cc1cccc(Oc2ccccc2)c1)NS(=O)(=O)c1ccc(C)cc1. The molecular weight excluding hydrogens is 414 g/mol. The van der Waals surface area contributed by atoms with E-state index in [2.05, 4.69) is 4.72 Å². The van der Waals surface area contributed by atoms with E-state index in [1.807, 2.05) is 43.3 Å². The fourth-order valence-corrected chi connectivity index (χ4v) is 4.17. The van der Waals surface area contributed by atoms with Crippen LogP contribution in [0.5, 0.6) is 11.5 Å². The Morgan fingerprint density at radius 3 is 2.29 bits per heavy atom. The number of nitrogens with one attached hydrogen (secondary N) is 1. The maximum Gasteiger partial charge on any atom is 0.324 e. The van der Waals surface area contributed by atoms with Crippen LogP contribution >= 0.6 is 0 Å². The molecule has 3 aromatic carbocycles. The number of hydrogen-bond donors (Lipinski definition) is 1. The minimum absolute atomic E-state index is 0.0913. The zero-order valence-corrected chi connectivity index (χ0v) is 18.3. The summed E-state index contributed by atoms with van der Waals surface area (Å²) in [7, 11) is -3.90. The van der Waals surface area contributed by atoms with E-state index in [-0.39, 0.29) is 17.9 Å². The van der Waals surface area contributed by atoms with Crippen molar-refractivity contribution in [3.05, 3.63) is 90.0 Å². The molecule has 3 aromatic rings. The summed E-state index contributed by atoms with van der Waals surface area (Å²) in [6.07, 6.45) is 0.121. The van der Waals surface area contributed by atoms with E-state index < -0.39 is 22.0 Å². The summed E-state index contributed by atoms with van der Waals surface area (Å²) in [5.41, 5.74) is 1.68. The highest BCUT2D eigenvalue weighted by atomic mass is 32.2. The molecule has 0 radical (unpaired) electrons. The van der Waals surface area contributed by atoms with Gasteiger partial charge < -0.3 is 9.47 Å². The smallest absolute Gasteiger partial charge is 0.324 e. The van der Waals surface area contributed by atoms with Gasteiger partial charge in [0.15, 0.2) is 0 Å². The fraction of sp³-hybridized carbons (Fsp3) is 0.208. The molecule has 0 spiro atoms. The molecule has 7 heteroatoms. The number of rotatable bonds is 9. The Morgan fingerprint density at radius 1 is 0.935 bits per heavy atom. The Hall–Kier alpha value is -3.16. The number of carbonyl (C=O) groups excluding carboxylic acids is 1. The van der Waals surface area contributed by atoms with Gasteiger partial charge in [0.2, 0.25) is 10.0 Å². The minimum atomic E-state index is -3.90. The fourth-order valence-electron chi connectivity index (χ4n) is 2.98. The number of carbonyl (C=O) groups is 1. The highest BCUT2D eigenvalue weighted by Gasteiger charge is 2.27. The molecule has 0 aliphatic rings. The molecule has 0 saturated heterocycles. The average Bonchev–Trinajstić information content (AvgIpc) is 2.75. The van der Waals surface area contributed by atoms with Crippen LogP contribution in [0.3, 0.4) is 0 Å². The normalized spacial score (nSPS) is 12.2. The first-order valence-corrected chi connectivity index (χ1v) is 11.4. The van der Waals surface area contributed by atoms with Gasteiger partial charge in [0.05, 0.1) is 11.5 Å². The highest BCUT2D eigenvalue weighted by Crippen LogP contribution is 2.23. The lowest BCUT2D eigenvalue weighted by atomic mass is 10.1. The summed E-state index contributed by atoms with van der Waals surface area (Å²) in [5, 5.41) is 0. The van der Waals surface area contributed by atoms with Crippen LogP contribution in [0.15, 0.2) is 83.8 Å². The van der Waals surface area contributed by atoms with Crippen LogP contribution in [-0.2, 0) is 26.0 Å². The van der Waals surface area contributed by atoms with Crippen LogP contribution in [0.2, 0.25) is 0 Å². The number of aryl methyl sites for hydroxylation is 1.